The van der Waals surface area contributed by atoms with Gasteiger partial charge in [0.05, 0.1) is 12.0 Å². The molecule has 0 radical (unpaired) electrons. The van der Waals surface area contributed by atoms with Crippen molar-refractivity contribution in [2.45, 2.75) is 31.8 Å². The maximum absolute atomic E-state index is 12.8. The minimum Gasteiger partial charge on any atom is -0.392 e. The molecule has 3 rings (SSSR count). The summed E-state index contributed by atoms with van der Waals surface area (Å²) >= 11 is 0. The van der Waals surface area contributed by atoms with Crippen molar-refractivity contribution >= 4 is 5.91 Å². The molecule has 1 fully saturated rings. The van der Waals surface area contributed by atoms with Gasteiger partial charge in [-0.2, -0.15) is 0 Å². The van der Waals surface area contributed by atoms with Crippen molar-refractivity contribution in [3.63, 3.8) is 0 Å². The van der Waals surface area contributed by atoms with E-state index < -0.39 is 0 Å². The first-order chi connectivity index (χ1) is 10.1. The maximum Gasteiger partial charge on any atom is 0.230 e. The Labute approximate surface area is 126 Å². The highest BCUT2D eigenvalue weighted by molar-refractivity contribution is 5.85. The van der Waals surface area contributed by atoms with Crippen LogP contribution < -0.4 is 0 Å². The third-order valence-electron chi connectivity index (χ3n) is 4.64. The van der Waals surface area contributed by atoms with Gasteiger partial charge in [0.25, 0.3) is 0 Å². The Morgan fingerprint density at radius 3 is 2.71 bits per heavy atom. The molecule has 0 spiro atoms. The van der Waals surface area contributed by atoms with Gasteiger partial charge in [0.15, 0.2) is 0 Å². The third kappa shape index (κ3) is 3.11. The summed E-state index contributed by atoms with van der Waals surface area (Å²) in [6, 6.07) is 8.34. The van der Waals surface area contributed by atoms with Gasteiger partial charge in [-0.05, 0) is 30.9 Å². The van der Waals surface area contributed by atoms with Gasteiger partial charge in [-0.1, -0.05) is 24.3 Å². The van der Waals surface area contributed by atoms with E-state index in [4.69, 9.17) is 0 Å². The topological polar surface area (TPSA) is 43.8 Å². The van der Waals surface area contributed by atoms with Crippen LogP contribution in [0.15, 0.2) is 24.3 Å². The van der Waals surface area contributed by atoms with E-state index in [9.17, 15) is 9.90 Å². The molecule has 4 heteroatoms. The van der Waals surface area contributed by atoms with E-state index in [-0.39, 0.29) is 17.9 Å². The molecule has 2 aliphatic rings. The van der Waals surface area contributed by atoms with Crippen LogP contribution in [0.5, 0.6) is 0 Å². The number of hydrogen-bond donors (Lipinski definition) is 1. The Kier molecular flexibility index (Phi) is 4.27. The van der Waals surface area contributed by atoms with Crippen LogP contribution in [0.1, 0.15) is 30.4 Å². The molecule has 1 N–H and O–H groups in total. The molecule has 0 bridgehead atoms. The first-order valence-corrected chi connectivity index (χ1v) is 7.92. The van der Waals surface area contributed by atoms with Crippen molar-refractivity contribution in [3.05, 3.63) is 35.4 Å². The van der Waals surface area contributed by atoms with Gasteiger partial charge in [-0.15, -0.1) is 0 Å². The number of aryl methyl sites for hydroxylation is 1. The average molecular weight is 288 g/mol. The maximum atomic E-state index is 12.8. The second-order valence-corrected chi connectivity index (χ2v) is 6.26. The second-order valence-electron chi connectivity index (χ2n) is 6.26. The highest BCUT2D eigenvalue weighted by Crippen LogP contribution is 2.34. The largest absolute Gasteiger partial charge is 0.392 e. The van der Waals surface area contributed by atoms with Crippen molar-refractivity contribution in [1.82, 2.24) is 9.80 Å². The number of benzene rings is 1. The molecule has 0 aromatic heterocycles. The normalized spacial score (nSPS) is 23.9. The van der Waals surface area contributed by atoms with Crippen LogP contribution in [0.25, 0.3) is 0 Å². The molecular formula is C17H24N2O2. The standard InChI is InChI=1S/C17H24N2O2/c1-13(20)12-18-8-10-19(11-9-18)17(21)16-7-6-14-4-2-3-5-15(14)16/h2-5,13,16,20H,6-12H2,1H3/t13-,16+/m1/s1. The Bertz CT molecular complexity index is 507. The lowest BCUT2D eigenvalue weighted by atomic mass is 9.99. The van der Waals surface area contributed by atoms with E-state index in [2.05, 4.69) is 23.1 Å². The summed E-state index contributed by atoms with van der Waals surface area (Å²) in [7, 11) is 0. The zero-order chi connectivity index (χ0) is 14.8. The van der Waals surface area contributed by atoms with E-state index in [0.717, 1.165) is 39.0 Å². The summed E-state index contributed by atoms with van der Waals surface area (Å²) in [5.41, 5.74) is 2.57. The first-order valence-electron chi connectivity index (χ1n) is 7.92. The number of β-amino-alcohol motifs (C(OH)–C–C–N with tert-alkyl or cyclic N) is 1. The molecule has 1 aromatic carbocycles. The molecular weight excluding hydrogens is 264 g/mol. The van der Waals surface area contributed by atoms with Gasteiger partial charge >= 0.3 is 0 Å². The van der Waals surface area contributed by atoms with Crippen LogP contribution in [0, 0.1) is 0 Å². The Hall–Kier alpha value is -1.39. The molecule has 1 amide bonds. The number of fused-ring (bicyclic) bond motifs is 1. The minimum atomic E-state index is -0.297. The number of carbonyl (C=O) groups is 1. The number of nitrogens with zero attached hydrogens (tertiary/aromatic N) is 2. The van der Waals surface area contributed by atoms with Crippen LogP contribution in [0.4, 0.5) is 0 Å². The van der Waals surface area contributed by atoms with Crippen molar-refractivity contribution in [3.8, 4) is 0 Å². The summed E-state index contributed by atoms with van der Waals surface area (Å²) in [6.07, 6.45) is 1.68. The molecule has 1 aromatic rings. The van der Waals surface area contributed by atoms with Crippen LogP contribution in [-0.2, 0) is 11.2 Å². The summed E-state index contributed by atoms with van der Waals surface area (Å²) in [5.74, 6) is 0.348. The van der Waals surface area contributed by atoms with Gasteiger partial charge in [0.1, 0.15) is 0 Å². The van der Waals surface area contributed by atoms with E-state index in [1.807, 2.05) is 17.9 Å². The van der Waals surface area contributed by atoms with Gasteiger partial charge in [0, 0.05) is 32.7 Å². The quantitative estimate of drug-likeness (QED) is 0.910. The summed E-state index contributed by atoms with van der Waals surface area (Å²) in [4.78, 5) is 17.0. The third-order valence-corrected chi connectivity index (χ3v) is 4.64. The number of aliphatic hydroxyl groups is 1. The number of carbonyl (C=O) groups excluding carboxylic acids is 1. The number of piperazine rings is 1. The Morgan fingerprint density at radius 1 is 1.29 bits per heavy atom. The monoisotopic (exact) mass is 288 g/mol. The summed E-state index contributed by atoms with van der Waals surface area (Å²) in [5, 5.41) is 9.44. The fraction of sp³-hybridized carbons (Fsp3) is 0.588. The number of aliphatic hydroxyl groups excluding tert-OH is 1. The van der Waals surface area contributed by atoms with E-state index in [1.54, 1.807) is 0 Å². The highest BCUT2D eigenvalue weighted by Gasteiger charge is 2.32. The van der Waals surface area contributed by atoms with Crippen molar-refractivity contribution in [2.24, 2.45) is 0 Å². The lowest BCUT2D eigenvalue weighted by Crippen LogP contribution is -2.51. The fourth-order valence-corrected chi connectivity index (χ4v) is 3.56. The zero-order valence-electron chi connectivity index (χ0n) is 12.7. The van der Waals surface area contributed by atoms with E-state index in [0.29, 0.717) is 6.54 Å². The molecule has 0 unspecified atom stereocenters. The minimum absolute atomic E-state index is 0.0597. The van der Waals surface area contributed by atoms with Gasteiger partial charge in [-0.25, -0.2) is 0 Å². The van der Waals surface area contributed by atoms with Crippen molar-refractivity contribution in [1.29, 1.82) is 0 Å². The highest BCUT2D eigenvalue weighted by atomic mass is 16.3. The predicted octanol–water partition coefficient (Wildman–Crippen LogP) is 1.24. The molecule has 1 aliphatic heterocycles. The van der Waals surface area contributed by atoms with Crippen molar-refractivity contribution in [2.75, 3.05) is 32.7 Å². The first kappa shape index (κ1) is 14.5. The number of amides is 1. The molecule has 1 heterocycles. The fourth-order valence-electron chi connectivity index (χ4n) is 3.56. The van der Waals surface area contributed by atoms with Crippen LogP contribution >= 0.6 is 0 Å². The molecule has 0 saturated carbocycles. The second kappa shape index (κ2) is 6.16. The summed E-state index contributed by atoms with van der Waals surface area (Å²) in [6.45, 7) is 5.81. The molecule has 114 valence electrons. The Morgan fingerprint density at radius 2 is 2.00 bits per heavy atom. The van der Waals surface area contributed by atoms with Crippen LogP contribution in [0.2, 0.25) is 0 Å². The van der Waals surface area contributed by atoms with Gasteiger partial charge in [-0.3, -0.25) is 9.69 Å². The average Bonchev–Trinajstić information content (AvgIpc) is 2.90. The molecule has 21 heavy (non-hydrogen) atoms. The van der Waals surface area contributed by atoms with E-state index in [1.165, 1.54) is 11.1 Å². The molecule has 1 saturated heterocycles. The molecule has 1 aliphatic carbocycles. The van der Waals surface area contributed by atoms with Crippen LogP contribution in [0.3, 0.4) is 0 Å². The molecule has 2 atom stereocenters. The van der Waals surface area contributed by atoms with Crippen LogP contribution in [-0.4, -0.2) is 59.6 Å². The molecule has 4 nitrogen and oxygen atoms in total. The predicted molar refractivity (Wildman–Crippen MR) is 82.2 cm³/mol. The van der Waals surface area contributed by atoms with Crippen molar-refractivity contribution < 1.29 is 9.90 Å². The lowest BCUT2D eigenvalue weighted by Gasteiger charge is -2.36. The Balaban J connectivity index is 1.61. The summed E-state index contributed by atoms with van der Waals surface area (Å²) < 4.78 is 0. The number of rotatable bonds is 3. The van der Waals surface area contributed by atoms with E-state index >= 15 is 0 Å². The number of hydrogen-bond acceptors (Lipinski definition) is 3. The lowest BCUT2D eigenvalue weighted by molar-refractivity contribution is -0.134. The van der Waals surface area contributed by atoms with Gasteiger partial charge in [0.2, 0.25) is 5.91 Å². The zero-order valence-corrected chi connectivity index (χ0v) is 12.7. The smallest absolute Gasteiger partial charge is 0.230 e. The van der Waals surface area contributed by atoms with Gasteiger partial charge < -0.3 is 10.0 Å². The SMILES string of the molecule is C[C@@H](O)CN1CCN(C(=O)[C@H]2CCc3ccccc32)CC1.